The van der Waals surface area contributed by atoms with Gasteiger partial charge in [-0.25, -0.2) is 0 Å². The minimum atomic E-state index is 1.21. The summed E-state index contributed by atoms with van der Waals surface area (Å²) < 4.78 is 18.8. The van der Waals surface area contributed by atoms with Crippen LogP contribution in [0, 0.1) is 0 Å². The van der Waals surface area contributed by atoms with E-state index in [2.05, 4.69) is 485 Å². The SMILES string of the molecule is c1ccc(-c2cc(-c3ccccc3)cc(-c3ccccc3-c3ccc4sc5ccc(-c6ccccc6-c6cc(-c7ccccc7)cc(-c7ccccc7)c6)cc5c4c3)c2)cc1.c1ccc2c(c1)sc1c(-c3ccc4sc5ccc(-c6cccc7c6sc6ccccc67)cc5c4c3)cccc12.c1ccc2c(c1)sc1ccc(-c3ccc4sc5ccc(-c6ccc7sc8ccccc8c7c6)cc5c4c3)cc12. The summed E-state index contributed by atoms with van der Waals surface area (Å²) in [6, 6.07) is 179. The molecule has 0 aliphatic carbocycles. The zero-order valence-electron chi connectivity index (χ0n) is 75.0. The summed E-state index contributed by atoms with van der Waals surface area (Å²) in [5.41, 5.74) is 29.7. The molecule has 29 rings (SSSR count). The molecule has 0 aliphatic rings. The summed E-state index contributed by atoms with van der Waals surface area (Å²) >= 11 is 13.2. The molecule has 0 spiro atoms. The van der Waals surface area contributed by atoms with Crippen molar-refractivity contribution in [3.63, 3.8) is 0 Å². The zero-order valence-corrected chi connectivity index (χ0v) is 80.8. The highest BCUT2D eigenvalue weighted by Crippen LogP contribution is 2.51. The summed E-state index contributed by atoms with van der Waals surface area (Å²) in [5, 5.41) is 18.7. The topological polar surface area (TPSA) is 0 Å². The first-order valence-corrected chi connectivity index (χ1v) is 52.8. The molecule has 22 aromatic carbocycles. The van der Waals surface area contributed by atoms with Gasteiger partial charge in [0.25, 0.3) is 0 Å². The van der Waals surface area contributed by atoms with Crippen LogP contribution in [0.5, 0.6) is 0 Å². The highest BCUT2D eigenvalue weighted by molar-refractivity contribution is 7.28. The molecule has 0 saturated carbocycles. The Kier molecular flexibility index (Phi) is 20.8. The van der Waals surface area contributed by atoms with Crippen LogP contribution in [-0.2, 0) is 0 Å². The molecule has 650 valence electrons. The molecular weight excluding hydrogens is 1810 g/mol. The van der Waals surface area contributed by atoms with E-state index in [-0.39, 0.29) is 0 Å². The molecule has 0 radical (unpaired) electrons. The van der Waals surface area contributed by atoms with Gasteiger partial charge in [0.05, 0.1) is 0 Å². The van der Waals surface area contributed by atoms with Crippen LogP contribution in [0.1, 0.15) is 0 Å². The largest absolute Gasteiger partial charge is 0.135 e. The van der Waals surface area contributed by atoms with E-state index >= 15 is 0 Å². The molecule has 0 atom stereocenters. The molecule has 7 aromatic heterocycles. The van der Waals surface area contributed by atoms with Gasteiger partial charge in [-0.2, -0.15) is 0 Å². The second-order valence-electron chi connectivity index (χ2n) is 35.9. The Morgan fingerprint density at radius 3 is 0.547 bits per heavy atom. The van der Waals surface area contributed by atoms with Crippen molar-refractivity contribution in [3.8, 4) is 134 Å². The van der Waals surface area contributed by atoms with Crippen LogP contribution in [0.15, 0.2) is 485 Å². The predicted octanol–water partition coefficient (Wildman–Crippen LogP) is 41.6. The Bertz CT molecular complexity index is 9230. The monoisotopic (exact) mass is 1890 g/mol. The maximum absolute atomic E-state index is 2.41. The minimum Gasteiger partial charge on any atom is -0.135 e. The molecule has 0 aliphatic heterocycles. The Labute approximate surface area is 831 Å². The van der Waals surface area contributed by atoms with Crippen molar-refractivity contribution in [3.05, 3.63) is 485 Å². The molecule has 7 heterocycles. The minimum absolute atomic E-state index is 1.21. The first kappa shape index (κ1) is 82.8. The second-order valence-corrected chi connectivity index (χ2v) is 43.4. The van der Waals surface area contributed by atoms with Gasteiger partial charge in [0, 0.05) is 141 Å². The molecule has 29 aromatic rings. The molecule has 0 N–H and O–H groups in total. The van der Waals surface area contributed by atoms with E-state index in [1.165, 1.54) is 275 Å². The third kappa shape index (κ3) is 15.1. The Balaban J connectivity index is 0.000000109. The molecule has 0 nitrogen and oxygen atoms in total. The zero-order chi connectivity index (χ0) is 91.5. The van der Waals surface area contributed by atoms with Gasteiger partial charge in [-0.15, -0.1) is 79.4 Å². The van der Waals surface area contributed by atoms with E-state index in [0.717, 1.165) is 0 Å². The number of rotatable bonds is 12. The van der Waals surface area contributed by atoms with E-state index in [9.17, 15) is 0 Å². The maximum Gasteiger partial charge on any atom is 0.0433 e. The average Bonchev–Trinajstić information content (AvgIpc) is 1.59. The van der Waals surface area contributed by atoms with Gasteiger partial charge in [-0.3, -0.25) is 0 Å². The summed E-state index contributed by atoms with van der Waals surface area (Å²) in [6.07, 6.45) is 0. The number of hydrogen-bond donors (Lipinski definition) is 0. The molecule has 139 heavy (non-hydrogen) atoms. The number of fused-ring (bicyclic) bond motifs is 21. The van der Waals surface area contributed by atoms with Gasteiger partial charge < -0.3 is 0 Å². The third-order valence-corrected chi connectivity index (χ3v) is 35.8. The van der Waals surface area contributed by atoms with Gasteiger partial charge in [-0.1, -0.05) is 328 Å². The normalized spacial score (nSPS) is 11.7. The van der Waals surface area contributed by atoms with Crippen LogP contribution in [-0.4, -0.2) is 0 Å². The molecule has 7 heteroatoms. The highest BCUT2D eigenvalue weighted by atomic mass is 32.1. The van der Waals surface area contributed by atoms with Crippen LogP contribution in [0.2, 0.25) is 0 Å². The van der Waals surface area contributed by atoms with Gasteiger partial charge in [-0.05, 0) is 291 Å². The fraction of sp³-hybridized carbons (Fsp3) is 0. The molecular formula is C132H80S7. The molecule has 0 saturated heterocycles. The summed E-state index contributed by atoms with van der Waals surface area (Å²) in [6.45, 7) is 0. The van der Waals surface area contributed by atoms with Gasteiger partial charge >= 0.3 is 0 Å². The van der Waals surface area contributed by atoms with E-state index in [1.807, 2.05) is 79.4 Å². The number of benzene rings is 22. The standard InChI is InChI=1S/C60H40S.2C36H20S3/c1-5-17-41(18-6-1)47-33-48(42-19-7-2-8-20-42)36-51(35-47)55-27-15-13-25-53(55)45-29-31-59-57(39-45)58-40-46(30-32-60(58)61-59)54-26-14-16-28-56(54)52-37-49(43-21-9-3-10-22-43)34-50(38-52)44-23-11-4-12-24-44;1-3-13-31-25(7-1)27-11-5-9-23(35(27)38-31)21-15-17-33-29(19-21)30-20-22(16-18-34(30)37-33)24-10-6-12-28-26-8-2-4-14-32(26)39-36(24)28;1-3-7-31-25(5-1)27-17-21(9-13-33(27)37-31)23-11-15-35-29(19-23)30-20-24(12-16-36(30)39-35)22-10-14-34-28(18-22)26-6-2-4-8-32(26)38-34/h1-40H;2*1-20H. The van der Waals surface area contributed by atoms with Gasteiger partial charge in [0.2, 0.25) is 0 Å². The van der Waals surface area contributed by atoms with Crippen molar-refractivity contribution in [1.82, 2.24) is 0 Å². The van der Waals surface area contributed by atoms with Crippen LogP contribution >= 0.6 is 79.4 Å². The van der Waals surface area contributed by atoms with Gasteiger partial charge in [0.15, 0.2) is 0 Å². The fourth-order valence-corrected chi connectivity index (χ4v) is 28.7. The lowest BCUT2D eigenvalue weighted by atomic mass is 9.89. The molecule has 0 amide bonds. The lowest BCUT2D eigenvalue weighted by Crippen LogP contribution is -1.89. The van der Waals surface area contributed by atoms with Gasteiger partial charge in [0.1, 0.15) is 0 Å². The second kappa shape index (κ2) is 34.9. The van der Waals surface area contributed by atoms with Crippen LogP contribution < -0.4 is 0 Å². The van der Waals surface area contributed by atoms with E-state index < -0.39 is 0 Å². The third-order valence-electron chi connectivity index (χ3n) is 27.7. The van der Waals surface area contributed by atoms with Crippen molar-refractivity contribution in [2.45, 2.75) is 0 Å². The highest BCUT2D eigenvalue weighted by Gasteiger charge is 2.22. The summed E-state index contributed by atoms with van der Waals surface area (Å²) in [4.78, 5) is 0. The lowest BCUT2D eigenvalue weighted by Gasteiger charge is -2.15. The van der Waals surface area contributed by atoms with Crippen LogP contribution in [0.3, 0.4) is 0 Å². The smallest absolute Gasteiger partial charge is 0.0433 e. The maximum atomic E-state index is 2.41. The fourth-order valence-electron chi connectivity index (χ4n) is 20.9. The molecule has 0 unspecified atom stereocenters. The quantitative estimate of drug-likeness (QED) is 0.114. The first-order valence-electron chi connectivity index (χ1n) is 47.1. The van der Waals surface area contributed by atoms with Crippen molar-refractivity contribution in [2.75, 3.05) is 0 Å². The summed E-state index contributed by atoms with van der Waals surface area (Å²) in [7, 11) is 0. The number of thiophene rings is 7. The first-order chi connectivity index (χ1) is 68.8. The van der Waals surface area contributed by atoms with Crippen molar-refractivity contribution >= 4 is 221 Å². The summed E-state index contributed by atoms with van der Waals surface area (Å²) in [5.74, 6) is 0. The van der Waals surface area contributed by atoms with E-state index in [1.54, 1.807) is 0 Å². The van der Waals surface area contributed by atoms with Crippen molar-refractivity contribution < 1.29 is 0 Å². The predicted molar refractivity (Wildman–Crippen MR) is 615 cm³/mol. The van der Waals surface area contributed by atoms with Crippen LogP contribution in [0.25, 0.3) is 275 Å². The lowest BCUT2D eigenvalue weighted by molar-refractivity contribution is 1.56. The van der Waals surface area contributed by atoms with E-state index in [0.29, 0.717) is 0 Å². The van der Waals surface area contributed by atoms with Crippen molar-refractivity contribution in [1.29, 1.82) is 0 Å². The van der Waals surface area contributed by atoms with Crippen LogP contribution in [0.4, 0.5) is 0 Å². The Morgan fingerprint density at radius 2 is 0.266 bits per heavy atom. The molecule has 0 fully saturated rings. The Morgan fingerprint density at radius 1 is 0.0863 bits per heavy atom. The average molecular weight is 1890 g/mol. The number of hydrogen-bond acceptors (Lipinski definition) is 7. The van der Waals surface area contributed by atoms with E-state index in [4.69, 9.17) is 0 Å². The van der Waals surface area contributed by atoms with Crippen molar-refractivity contribution in [2.24, 2.45) is 0 Å². The Hall–Kier alpha value is -15.6. The molecule has 0 bridgehead atoms.